The van der Waals surface area contributed by atoms with E-state index in [1.54, 1.807) is 24.3 Å². The molecule has 0 saturated carbocycles. The number of hydrogen-bond acceptors (Lipinski definition) is 4. The molecule has 0 fully saturated rings. The highest BCUT2D eigenvalue weighted by Gasteiger charge is 2.27. The Hall–Kier alpha value is -1.40. The van der Waals surface area contributed by atoms with Gasteiger partial charge >= 0.3 is 5.97 Å². The molecule has 0 aliphatic rings. The summed E-state index contributed by atoms with van der Waals surface area (Å²) in [6.07, 6.45) is 2.43. The number of benzene rings is 1. The van der Waals surface area contributed by atoms with E-state index in [0.717, 1.165) is 18.4 Å². The molecule has 0 amide bonds. The fraction of sp³-hybridized carbons (Fsp3) is 0.562. The second-order valence-electron chi connectivity index (χ2n) is 5.46. The van der Waals surface area contributed by atoms with E-state index in [1.807, 2.05) is 13.8 Å². The first-order chi connectivity index (χ1) is 10.3. The lowest BCUT2D eigenvalue weighted by molar-refractivity contribution is -0.145. The van der Waals surface area contributed by atoms with Gasteiger partial charge in [-0.2, -0.15) is 0 Å². The molecule has 0 aromatic heterocycles. The van der Waals surface area contributed by atoms with Gasteiger partial charge in [0.25, 0.3) is 0 Å². The maximum atomic E-state index is 12.5. The van der Waals surface area contributed by atoms with E-state index in [-0.39, 0.29) is 17.4 Å². The maximum Gasteiger partial charge on any atom is 0.309 e. The van der Waals surface area contributed by atoms with Crippen LogP contribution in [-0.2, 0) is 19.6 Å². The van der Waals surface area contributed by atoms with Gasteiger partial charge in [0.2, 0.25) is 10.0 Å². The van der Waals surface area contributed by atoms with Crippen molar-refractivity contribution >= 4 is 16.0 Å². The molecule has 0 bridgehead atoms. The highest BCUT2D eigenvalue weighted by molar-refractivity contribution is 7.89. The Morgan fingerprint density at radius 3 is 2.36 bits per heavy atom. The monoisotopic (exact) mass is 327 g/mol. The van der Waals surface area contributed by atoms with Crippen molar-refractivity contribution in [3.8, 4) is 0 Å². The van der Waals surface area contributed by atoms with Crippen molar-refractivity contribution in [1.82, 2.24) is 4.31 Å². The molecule has 1 atom stereocenters. The molecule has 6 heteroatoms. The first kappa shape index (κ1) is 18.6. The molecule has 0 spiro atoms. The average molecular weight is 327 g/mol. The van der Waals surface area contributed by atoms with Gasteiger partial charge in [-0.3, -0.25) is 4.79 Å². The second-order valence-corrected chi connectivity index (χ2v) is 7.51. The first-order valence-corrected chi connectivity index (χ1v) is 8.87. The minimum Gasteiger partial charge on any atom is -0.469 e. The number of ether oxygens (including phenoxy) is 1. The standard InChI is InChI=1S/C16H25NO4S/c1-5-6-7-14(16(18)21-4)12-17(3)22(19,20)15-10-8-13(2)9-11-15/h8-11,14H,5-7,12H2,1-4H3. The molecule has 0 aliphatic carbocycles. The van der Waals surface area contributed by atoms with Crippen LogP contribution in [0.1, 0.15) is 31.7 Å². The zero-order valence-corrected chi connectivity index (χ0v) is 14.5. The van der Waals surface area contributed by atoms with Crippen molar-refractivity contribution in [1.29, 1.82) is 0 Å². The van der Waals surface area contributed by atoms with E-state index in [2.05, 4.69) is 0 Å². The topological polar surface area (TPSA) is 63.7 Å². The van der Waals surface area contributed by atoms with Gasteiger partial charge in [0, 0.05) is 13.6 Å². The minimum atomic E-state index is -3.59. The molecule has 124 valence electrons. The Kier molecular flexibility index (Phi) is 7.03. The Morgan fingerprint density at radius 1 is 1.27 bits per heavy atom. The number of nitrogens with zero attached hydrogens (tertiary/aromatic N) is 1. The van der Waals surface area contributed by atoms with Gasteiger partial charge < -0.3 is 4.74 Å². The quantitative estimate of drug-likeness (QED) is 0.689. The lowest BCUT2D eigenvalue weighted by Crippen LogP contribution is -2.35. The molecule has 0 aliphatic heterocycles. The molecule has 1 unspecified atom stereocenters. The highest BCUT2D eigenvalue weighted by Crippen LogP contribution is 2.19. The number of methoxy groups -OCH3 is 1. The van der Waals surface area contributed by atoms with Crippen molar-refractivity contribution in [2.75, 3.05) is 20.7 Å². The van der Waals surface area contributed by atoms with Crippen molar-refractivity contribution in [3.63, 3.8) is 0 Å². The summed E-state index contributed by atoms with van der Waals surface area (Å²) in [6, 6.07) is 6.69. The van der Waals surface area contributed by atoms with E-state index < -0.39 is 15.9 Å². The Balaban J connectivity index is 2.89. The van der Waals surface area contributed by atoms with Gasteiger partial charge in [0.1, 0.15) is 0 Å². The van der Waals surface area contributed by atoms with Crippen LogP contribution in [0.2, 0.25) is 0 Å². The molecule has 0 saturated heterocycles. The van der Waals surface area contributed by atoms with E-state index in [1.165, 1.54) is 18.5 Å². The van der Waals surface area contributed by atoms with Crippen LogP contribution < -0.4 is 0 Å². The van der Waals surface area contributed by atoms with E-state index >= 15 is 0 Å². The number of sulfonamides is 1. The molecule has 0 radical (unpaired) electrons. The molecule has 1 aromatic carbocycles. The molecule has 22 heavy (non-hydrogen) atoms. The molecule has 0 heterocycles. The van der Waals surface area contributed by atoms with Crippen molar-refractivity contribution in [3.05, 3.63) is 29.8 Å². The van der Waals surface area contributed by atoms with Crippen molar-refractivity contribution in [2.24, 2.45) is 5.92 Å². The normalized spacial score (nSPS) is 13.1. The number of hydrogen-bond donors (Lipinski definition) is 0. The van der Waals surface area contributed by atoms with Gasteiger partial charge in [-0.1, -0.05) is 37.5 Å². The lowest BCUT2D eigenvalue weighted by atomic mass is 10.0. The molecular formula is C16H25NO4S. The molecule has 1 aromatic rings. The van der Waals surface area contributed by atoms with E-state index in [4.69, 9.17) is 4.74 Å². The largest absolute Gasteiger partial charge is 0.469 e. The van der Waals surface area contributed by atoms with Crippen LogP contribution in [0, 0.1) is 12.8 Å². The van der Waals surface area contributed by atoms with Crippen molar-refractivity contribution in [2.45, 2.75) is 38.0 Å². The summed E-state index contributed by atoms with van der Waals surface area (Å²) in [5.41, 5.74) is 0.997. The molecule has 5 nitrogen and oxygen atoms in total. The Labute approximate surface area is 133 Å². The van der Waals surface area contributed by atoms with Crippen LogP contribution in [0.25, 0.3) is 0 Å². The predicted octanol–water partition coefficient (Wildman–Crippen LogP) is 2.59. The fourth-order valence-electron chi connectivity index (χ4n) is 2.20. The average Bonchev–Trinajstić information content (AvgIpc) is 2.50. The first-order valence-electron chi connectivity index (χ1n) is 7.43. The highest BCUT2D eigenvalue weighted by atomic mass is 32.2. The van der Waals surface area contributed by atoms with E-state index in [9.17, 15) is 13.2 Å². The number of unbranched alkanes of at least 4 members (excludes halogenated alkanes) is 1. The third-order valence-corrected chi connectivity index (χ3v) is 5.48. The third-order valence-electron chi connectivity index (χ3n) is 3.65. The van der Waals surface area contributed by atoms with Crippen molar-refractivity contribution < 1.29 is 17.9 Å². The zero-order valence-electron chi connectivity index (χ0n) is 13.7. The van der Waals surface area contributed by atoms with Crippen LogP contribution >= 0.6 is 0 Å². The fourth-order valence-corrected chi connectivity index (χ4v) is 3.42. The summed E-state index contributed by atoms with van der Waals surface area (Å²) in [7, 11) is -0.766. The number of carbonyl (C=O) groups excluding carboxylic acids is 1. The SMILES string of the molecule is CCCCC(CN(C)S(=O)(=O)c1ccc(C)cc1)C(=O)OC. The predicted molar refractivity (Wildman–Crippen MR) is 86.0 cm³/mol. The van der Waals surface area contributed by atoms with Crippen LogP contribution in [0.15, 0.2) is 29.2 Å². The van der Waals surface area contributed by atoms with Crippen LogP contribution in [-0.4, -0.2) is 39.4 Å². The van der Waals surface area contributed by atoms with Crippen LogP contribution in [0.3, 0.4) is 0 Å². The number of carbonyl (C=O) groups is 1. The Bertz CT molecular complexity index is 581. The van der Waals surface area contributed by atoms with Gasteiger partial charge in [-0.25, -0.2) is 12.7 Å². The number of rotatable bonds is 8. The van der Waals surface area contributed by atoms with Gasteiger partial charge in [-0.05, 0) is 25.5 Å². The molecule has 1 rings (SSSR count). The van der Waals surface area contributed by atoms with Gasteiger partial charge in [0.05, 0.1) is 17.9 Å². The van der Waals surface area contributed by atoms with Crippen LogP contribution in [0.4, 0.5) is 0 Å². The third kappa shape index (κ3) is 4.81. The molecule has 0 N–H and O–H groups in total. The number of esters is 1. The van der Waals surface area contributed by atoms with Gasteiger partial charge in [0.15, 0.2) is 0 Å². The second kappa shape index (κ2) is 8.29. The minimum absolute atomic E-state index is 0.128. The smallest absolute Gasteiger partial charge is 0.309 e. The summed E-state index contributed by atoms with van der Waals surface area (Å²) < 4.78 is 31.1. The number of aryl methyl sites for hydroxylation is 1. The lowest BCUT2D eigenvalue weighted by Gasteiger charge is -2.22. The van der Waals surface area contributed by atoms with Gasteiger partial charge in [-0.15, -0.1) is 0 Å². The zero-order chi connectivity index (χ0) is 16.8. The van der Waals surface area contributed by atoms with Crippen LogP contribution in [0.5, 0.6) is 0 Å². The van der Waals surface area contributed by atoms with E-state index in [0.29, 0.717) is 6.42 Å². The maximum absolute atomic E-state index is 12.5. The summed E-state index contributed by atoms with van der Waals surface area (Å²) >= 11 is 0. The summed E-state index contributed by atoms with van der Waals surface area (Å²) in [6.45, 7) is 4.06. The Morgan fingerprint density at radius 2 is 1.86 bits per heavy atom. The summed E-state index contributed by atoms with van der Waals surface area (Å²) in [4.78, 5) is 12.1. The molecular weight excluding hydrogens is 302 g/mol. The summed E-state index contributed by atoms with van der Waals surface area (Å²) in [5, 5.41) is 0. The summed E-state index contributed by atoms with van der Waals surface area (Å²) in [5.74, 6) is -0.797.